The minimum absolute atomic E-state index is 0.705. The molecule has 0 bridgehead atoms. The van der Waals surface area contributed by atoms with E-state index in [1.165, 1.54) is 49.2 Å². The molecule has 4 aromatic heterocycles. The van der Waals surface area contributed by atoms with Crippen molar-refractivity contribution in [3.63, 3.8) is 0 Å². The molecule has 0 radical (unpaired) electrons. The van der Waals surface area contributed by atoms with Crippen molar-refractivity contribution in [2.75, 3.05) is 0 Å². The predicted molar refractivity (Wildman–Crippen MR) is 209 cm³/mol. The molecule has 5 heteroatoms. The number of benzene rings is 7. The van der Waals surface area contributed by atoms with E-state index in [0.29, 0.717) is 5.58 Å². The van der Waals surface area contributed by atoms with Crippen LogP contribution in [0.1, 0.15) is 0 Å². The van der Waals surface area contributed by atoms with E-state index in [2.05, 4.69) is 159 Å². The molecule has 4 heterocycles. The van der Waals surface area contributed by atoms with Gasteiger partial charge in [-0.2, -0.15) is 0 Å². The van der Waals surface area contributed by atoms with Gasteiger partial charge < -0.3 is 13.6 Å². The van der Waals surface area contributed by atoms with Crippen LogP contribution in [0.2, 0.25) is 0 Å². The van der Waals surface area contributed by atoms with Gasteiger partial charge in [-0.25, -0.2) is 9.97 Å². The standard InChI is InChI=1S/C46H28N4O/c1-2-10-32(11-3-1)49-39-15-7-4-12-34(39)36-24-20-30(26-41(36)49)31-21-25-37-35-13-5-8-16-40(35)50(42(37)27-31)33-22-18-29(19-23-33)44-46-45(48-28-47-44)38-14-6-9-17-43(38)51-46/h1-28H. The lowest BCUT2D eigenvalue weighted by Crippen LogP contribution is -1.95. The maximum Gasteiger partial charge on any atom is 0.180 e. The van der Waals surface area contributed by atoms with Gasteiger partial charge >= 0.3 is 0 Å². The number of para-hydroxylation sites is 4. The van der Waals surface area contributed by atoms with Crippen molar-refractivity contribution in [1.82, 2.24) is 19.1 Å². The fraction of sp³-hybridized carbons (Fsp3) is 0. The quantitative estimate of drug-likeness (QED) is 0.190. The molecular formula is C46H28N4O. The van der Waals surface area contributed by atoms with Gasteiger partial charge in [0.1, 0.15) is 23.1 Å². The first-order valence-electron chi connectivity index (χ1n) is 17.2. The van der Waals surface area contributed by atoms with E-state index in [-0.39, 0.29) is 0 Å². The Balaban J connectivity index is 1.07. The Morgan fingerprint density at radius 3 is 1.55 bits per heavy atom. The molecule has 0 fully saturated rings. The summed E-state index contributed by atoms with van der Waals surface area (Å²) in [7, 11) is 0. The van der Waals surface area contributed by atoms with Gasteiger partial charge in [0.15, 0.2) is 5.58 Å². The number of hydrogen-bond acceptors (Lipinski definition) is 3. The molecule has 0 spiro atoms. The van der Waals surface area contributed by atoms with E-state index in [9.17, 15) is 0 Å². The second kappa shape index (κ2) is 10.8. The lowest BCUT2D eigenvalue weighted by molar-refractivity contribution is 0.667. The van der Waals surface area contributed by atoms with E-state index in [1.807, 2.05) is 24.3 Å². The summed E-state index contributed by atoms with van der Waals surface area (Å²) in [4.78, 5) is 9.21. The zero-order valence-electron chi connectivity index (χ0n) is 27.4. The van der Waals surface area contributed by atoms with Crippen molar-refractivity contribution in [2.45, 2.75) is 0 Å². The van der Waals surface area contributed by atoms with Crippen molar-refractivity contribution >= 4 is 65.7 Å². The van der Waals surface area contributed by atoms with E-state index >= 15 is 0 Å². The molecule has 0 amide bonds. The molecule has 51 heavy (non-hydrogen) atoms. The summed E-state index contributed by atoms with van der Waals surface area (Å²) in [6.07, 6.45) is 1.62. The summed E-state index contributed by atoms with van der Waals surface area (Å²) < 4.78 is 11.0. The molecule has 0 aliphatic carbocycles. The fourth-order valence-corrected chi connectivity index (χ4v) is 7.93. The summed E-state index contributed by atoms with van der Waals surface area (Å²) in [6, 6.07) is 58.3. The zero-order chi connectivity index (χ0) is 33.5. The Morgan fingerprint density at radius 2 is 0.902 bits per heavy atom. The van der Waals surface area contributed by atoms with E-state index in [1.54, 1.807) is 6.33 Å². The number of hydrogen-bond donors (Lipinski definition) is 0. The van der Waals surface area contributed by atoms with Crippen LogP contribution in [-0.2, 0) is 0 Å². The monoisotopic (exact) mass is 652 g/mol. The summed E-state index contributed by atoms with van der Waals surface area (Å²) in [5.41, 5.74) is 13.4. The number of furan rings is 1. The van der Waals surface area contributed by atoms with E-state index in [0.717, 1.165) is 44.6 Å². The summed E-state index contributed by atoms with van der Waals surface area (Å²) in [5, 5.41) is 5.94. The van der Waals surface area contributed by atoms with Crippen molar-refractivity contribution in [1.29, 1.82) is 0 Å². The van der Waals surface area contributed by atoms with Crippen LogP contribution < -0.4 is 0 Å². The molecule has 0 unspecified atom stereocenters. The minimum Gasteiger partial charge on any atom is -0.452 e. The molecule has 238 valence electrons. The smallest absolute Gasteiger partial charge is 0.180 e. The van der Waals surface area contributed by atoms with E-state index in [4.69, 9.17) is 4.42 Å². The molecule has 11 aromatic rings. The topological polar surface area (TPSA) is 48.8 Å². The molecule has 7 aromatic carbocycles. The normalized spacial score (nSPS) is 11.9. The average Bonchev–Trinajstić information content (AvgIpc) is 3.85. The Bertz CT molecular complexity index is 3130. The van der Waals surface area contributed by atoms with Gasteiger partial charge in [-0.05, 0) is 71.8 Å². The Labute approximate surface area is 292 Å². The molecular weight excluding hydrogens is 625 g/mol. The highest BCUT2D eigenvalue weighted by Crippen LogP contribution is 2.39. The average molecular weight is 653 g/mol. The van der Waals surface area contributed by atoms with Gasteiger partial charge in [-0.3, -0.25) is 0 Å². The van der Waals surface area contributed by atoms with Crippen molar-refractivity contribution in [3.05, 3.63) is 170 Å². The molecule has 0 atom stereocenters. The third-order valence-electron chi connectivity index (χ3n) is 10.3. The molecule has 5 nitrogen and oxygen atoms in total. The first-order valence-corrected chi connectivity index (χ1v) is 17.2. The van der Waals surface area contributed by atoms with Crippen LogP contribution in [0.15, 0.2) is 175 Å². The van der Waals surface area contributed by atoms with Crippen LogP contribution >= 0.6 is 0 Å². The maximum atomic E-state index is 6.26. The fourth-order valence-electron chi connectivity index (χ4n) is 7.93. The van der Waals surface area contributed by atoms with E-state index < -0.39 is 0 Å². The maximum absolute atomic E-state index is 6.26. The highest BCUT2D eigenvalue weighted by molar-refractivity contribution is 6.12. The van der Waals surface area contributed by atoms with Gasteiger partial charge in [0, 0.05) is 43.9 Å². The SMILES string of the molecule is c1ccc(-n2c3ccccc3c3ccc(-c4ccc5c6ccccc6n(-c6ccc(-c7ncnc8c7oc7ccccc78)cc6)c5c4)cc32)cc1. The number of fused-ring (bicyclic) bond motifs is 9. The van der Waals surface area contributed by atoms with Crippen LogP contribution in [0, 0.1) is 0 Å². The third kappa shape index (κ3) is 4.15. The van der Waals surface area contributed by atoms with Crippen LogP contribution in [-0.4, -0.2) is 19.1 Å². The number of rotatable bonds is 4. The molecule has 0 aliphatic heterocycles. The Hall–Kier alpha value is -6.98. The lowest BCUT2D eigenvalue weighted by atomic mass is 10.0. The summed E-state index contributed by atoms with van der Waals surface area (Å²) >= 11 is 0. The molecule has 0 N–H and O–H groups in total. The highest BCUT2D eigenvalue weighted by atomic mass is 16.3. The molecule has 11 rings (SSSR count). The van der Waals surface area contributed by atoms with Crippen molar-refractivity contribution < 1.29 is 4.42 Å². The lowest BCUT2D eigenvalue weighted by Gasteiger charge is -2.11. The Kier molecular flexibility index (Phi) is 5.89. The van der Waals surface area contributed by atoms with Crippen LogP contribution in [0.25, 0.3) is 99.4 Å². The van der Waals surface area contributed by atoms with Gasteiger partial charge in [-0.1, -0.05) is 103 Å². The number of nitrogens with zero attached hydrogens (tertiary/aromatic N) is 4. The molecule has 0 saturated carbocycles. The molecule has 0 saturated heterocycles. The number of aromatic nitrogens is 4. The first kappa shape index (κ1) is 27.9. The minimum atomic E-state index is 0.705. The Morgan fingerprint density at radius 1 is 0.392 bits per heavy atom. The summed E-state index contributed by atoms with van der Waals surface area (Å²) in [6.45, 7) is 0. The van der Waals surface area contributed by atoms with Crippen LogP contribution in [0.3, 0.4) is 0 Å². The second-order valence-electron chi connectivity index (χ2n) is 13.0. The molecule has 0 aliphatic rings. The van der Waals surface area contributed by atoms with Crippen molar-refractivity contribution in [2.24, 2.45) is 0 Å². The third-order valence-corrected chi connectivity index (χ3v) is 10.3. The largest absolute Gasteiger partial charge is 0.452 e. The van der Waals surface area contributed by atoms with Gasteiger partial charge in [-0.15, -0.1) is 0 Å². The van der Waals surface area contributed by atoms with Crippen LogP contribution in [0.4, 0.5) is 0 Å². The summed E-state index contributed by atoms with van der Waals surface area (Å²) in [5.74, 6) is 0. The zero-order valence-corrected chi connectivity index (χ0v) is 27.4. The van der Waals surface area contributed by atoms with Gasteiger partial charge in [0.05, 0.1) is 22.1 Å². The van der Waals surface area contributed by atoms with Gasteiger partial charge in [0.25, 0.3) is 0 Å². The second-order valence-corrected chi connectivity index (χ2v) is 13.0. The van der Waals surface area contributed by atoms with Gasteiger partial charge in [0.2, 0.25) is 0 Å². The van der Waals surface area contributed by atoms with Crippen LogP contribution in [0.5, 0.6) is 0 Å². The van der Waals surface area contributed by atoms with Crippen molar-refractivity contribution in [3.8, 4) is 33.8 Å². The first-order chi connectivity index (χ1) is 25.3. The predicted octanol–water partition coefficient (Wildman–Crippen LogP) is 11.9. The highest BCUT2D eigenvalue weighted by Gasteiger charge is 2.18.